The zero-order valence-electron chi connectivity index (χ0n) is 17.2. The lowest BCUT2D eigenvalue weighted by molar-refractivity contribution is -0.136. The molecule has 0 bridgehead atoms. The van der Waals surface area contributed by atoms with Crippen molar-refractivity contribution in [3.63, 3.8) is 0 Å². The number of carbonyl (C=O) groups is 3. The van der Waals surface area contributed by atoms with Crippen molar-refractivity contribution in [2.45, 2.75) is 0 Å². The lowest BCUT2D eigenvalue weighted by Gasteiger charge is -2.10. The summed E-state index contributed by atoms with van der Waals surface area (Å²) in [7, 11) is 1.42. The number of hydrazone groups is 1. The molecule has 0 radical (unpaired) electrons. The first-order valence-electron chi connectivity index (χ1n) is 9.42. The van der Waals surface area contributed by atoms with E-state index in [1.807, 2.05) is 0 Å². The number of ether oxygens (including phenoxy) is 2. The van der Waals surface area contributed by atoms with Gasteiger partial charge in [-0.05, 0) is 48.0 Å². The van der Waals surface area contributed by atoms with Crippen LogP contribution >= 0.6 is 23.2 Å². The molecule has 0 saturated heterocycles. The first-order valence-corrected chi connectivity index (χ1v) is 10.2. The van der Waals surface area contributed by atoms with Crippen molar-refractivity contribution in [2.24, 2.45) is 5.10 Å². The quantitative estimate of drug-likeness (QED) is 0.178. The lowest BCUT2D eigenvalue weighted by atomic mass is 10.2. The summed E-state index contributed by atoms with van der Waals surface area (Å²) >= 11 is 11.9. The van der Waals surface area contributed by atoms with Crippen molar-refractivity contribution in [1.82, 2.24) is 5.43 Å². The molecular formula is C23H17Cl2N3O5. The normalized spacial score (nSPS) is 10.5. The third-order valence-electron chi connectivity index (χ3n) is 4.19. The fourth-order valence-corrected chi connectivity index (χ4v) is 2.93. The highest BCUT2D eigenvalue weighted by Gasteiger charge is 2.16. The fourth-order valence-electron chi connectivity index (χ4n) is 2.58. The predicted octanol–water partition coefficient (Wildman–Crippen LogP) is 4.31. The number of benzene rings is 3. The lowest BCUT2D eigenvalue weighted by Crippen LogP contribution is -2.32. The van der Waals surface area contributed by atoms with Crippen molar-refractivity contribution in [2.75, 3.05) is 12.4 Å². The standard InChI is InChI=1S/C23H17Cl2N3O5/c1-32-19-12-14(10-11-18(19)33-23(31)15-6-3-2-4-7-15)13-26-28-22(30)21(29)27-17-9-5-8-16(24)20(17)25/h2-13H,1H3,(H,27,29)(H,28,30). The first kappa shape index (κ1) is 23.8. The molecule has 3 rings (SSSR count). The molecule has 8 nitrogen and oxygen atoms in total. The average Bonchev–Trinajstić information content (AvgIpc) is 2.83. The largest absolute Gasteiger partial charge is 0.493 e. The van der Waals surface area contributed by atoms with Gasteiger partial charge in [-0.2, -0.15) is 5.10 Å². The molecule has 0 fully saturated rings. The zero-order chi connectivity index (χ0) is 23.8. The molecule has 0 aromatic heterocycles. The van der Waals surface area contributed by atoms with E-state index in [2.05, 4.69) is 15.8 Å². The molecule has 0 aliphatic rings. The van der Waals surface area contributed by atoms with Crippen molar-refractivity contribution < 1.29 is 23.9 Å². The Balaban J connectivity index is 1.61. The number of esters is 1. The molecule has 168 valence electrons. The molecule has 3 aromatic rings. The van der Waals surface area contributed by atoms with Crippen LogP contribution in [0.25, 0.3) is 0 Å². The molecule has 10 heteroatoms. The number of rotatable bonds is 6. The highest BCUT2D eigenvalue weighted by Crippen LogP contribution is 2.30. The fraction of sp³-hybridized carbons (Fsp3) is 0.0435. The van der Waals surface area contributed by atoms with Crippen molar-refractivity contribution in [3.05, 3.63) is 87.9 Å². The number of amides is 2. The second kappa shape index (κ2) is 11.1. The van der Waals surface area contributed by atoms with Gasteiger partial charge in [-0.15, -0.1) is 0 Å². The molecule has 0 spiro atoms. The van der Waals surface area contributed by atoms with E-state index in [1.54, 1.807) is 54.6 Å². The number of nitrogens with one attached hydrogen (secondary N) is 2. The summed E-state index contributed by atoms with van der Waals surface area (Å²) in [4.78, 5) is 36.2. The third kappa shape index (κ3) is 6.31. The number of halogens is 2. The van der Waals surface area contributed by atoms with E-state index in [9.17, 15) is 14.4 Å². The van der Waals surface area contributed by atoms with Crippen LogP contribution in [-0.2, 0) is 9.59 Å². The molecule has 2 amide bonds. The number of carbonyl (C=O) groups excluding carboxylic acids is 3. The average molecular weight is 486 g/mol. The number of nitrogens with zero attached hydrogens (tertiary/aromatic N) is 1. The van der Waals surface area contributed by atoms with Crippen molar-refractivity contribution in [1.29, 1.82) is 0 Å². The second-order valence-corrected chi connectivity index (χ2v) is 7.21. The van der Waals surface area contributed by atoms with Crippen LogP contribution in [0.3, 0.4) is 0 Å². The van der Waals surface area contributed by atoms with Crippen LogP contribution < -0.4 is 20.2 Å². The molecule has 3 aromatic carbocycles. The van der Waals surface area contributed by atoms with Crippen LogP contribution in [0.1, 0.15) is 15.9 Å². The minimum Gasteiger partial charge on any atom is -0.493 e. The van der Waals surface area contributed by atoms with Gasteiger partial charge in [-0.25, -0.2) is 10.2 Å². The monoisotopic (exact) mass is 485 g/mol. The Hall–Kier alpha value is -3.88. The summed E-state index contributed by atoms with van der Waals surface area (Å²) < 4.78 is 10.6. The van der Waals surface area contributed by atoms with Gasteiger partial charge in [-0.3, -0.25) is 9.59 Å². The van der Waals surface area contributed by atoms with E-state index in [0.717, 1.165) is 0 Å². The minimum absolute atomic E-state index is 0.115. The van der Waals surface area contributed by atoms with Crippen LogP contribution in [0.15, 0.2) is 71.8 Å². The van der Waals surface area contributed by atoms with E-state index in [4.69, 9.17) is 32.7 Å². The Morgan fingerprint density at radius 1 is 0.909 bits per heavy atom. The topological polar surface area (TPSA) is 106 Å². The van der Waals surface area contributed by atoms with Crippen LogP contribution in [-0.4, -0.2) is 31.1 Å². The summed E-state index contributed by atoms with van der Waals surface area (Å²) in [5.41, 5.74) is 3.21. The number of methoxy groups -OCH3 is 1. The highest BCUT2D eigenvalue weighted by atomic mass is 35.5. The van der Waals surface area contributed by atoms with Gasteiger partial charge >= 0.3 is 17.8 Å². The molecule has 0 heterocycles. The van der Waals surface area contributed by atoms with Crippen LogP contribution in [0.5, 0.6) is 11.5 Å². The van der Waals surface area contributed by atoms with E-state index in [-0.39, 0.29) is 27.2 Å². The van der Waals surface area contributed by atoms with Gasteiger partial charge in [0.2, 0.25) is 0 Å². The molecule has 0 aliphatic heterocycles. The van der Waals surface area contributed by atoms with Crippen molar-refractivity contribution >= 4 is 52.9 Å². The summed E-state index contributed by atoms with van der Waals surface area (Å²) in [6.07, 6.45) is 1.29. The Labute approximate surface area is 199 Å². The summed E-state index contributed by atoms with van der Waals surface area (Å²) in [5.74, 6) is -2.03. The minimum atomic E-state index is -1.01. The Morgan fingerprint density at radius 2 is 1.67 bits per heavy atom. The van der Waals surface area contributed by atoms with Gasteiger partial charge in [0.1, 0.15) is 0 Å². The molecule has 33 heavy (non-hydrogen) atoms. The SMILES string of the molecule is COc1cc(C=NNC(=O)C(=O)Nc2cccc(Cl)c2Cl)ccc1OC(=O)c1ccccc1. The van der Waals surface area contributed by atoms with Crippen LogP contribution in [0.4, 0.5) is 5.69 Å². The summed E-state index contributed by atoms with van der Waals surface area (Å²) in [6, 6.07) is 17.8. The van der Waals surface area contributed by atoms with Gasteiger partial charge < -0.3 is 14.8 Å². The van der Waals surface area contributed by atoms with E-state index < -0.39 is 17.8 Å². The van der Waals surface area contributed by atoms with E-state index >= 15 is 0 Å². The first-order chi connectivity index (χ1) is 15.9. The maximum Gasteiger partial charge on any atom is 0.343 e. The maximum atomic E-state index is 12.2. The molecule has 0 aliphatic carbocycles. The number of hydrogen-bond acceptors (Lipinski definition) is 6. The Kier molecular flexibility index (Phi) is 8.01. The molecule has 0 saturated carbocycles. The second-order valence-electron chi connectivity index (χ2n) is 6.42. The number of anilines is 1. The third-order valence-corrected chi connectivity index (χ3v) is 5.00. The Bertz CT molecular complexity index is 1220. The maximum absolute atomic E-state index is 12.2. The van der Waals surface area contributed by atoms with Gasteiger partial charge in [0.15, 0.2) is 11.5 Å². The van der Waals surface area contributed by atoms with Crippen LogP contribution in [0.2, 0.25) is 10.0 Å². The predicted molar refractivity (Wildman–Crippen MR) is 125 cm³/mol. The van der Waals surface area contributed by atoms with Crippen LogP contribution in [0, 0.1) is 0 Å². The zero-order valence-corrected chi connectivity index (χ0v) is 18.7. The van der Waals surface area contributed by atoms with Gasteiger partial charge in [0.05, 0.1) is 34.6 Å². The highest BCUT2D eigenvalue weighted by molar-refractivity contribution is 6.45. The molecule has 0 atom stereocenters. The molecular weight excluding hydrogens is 469 g/mol. The van der Waals surface area contributed by atoms with Gasteiger partial charge in [-0.1, -0.05) is 47.5 Å². The van der Waals surface area contributed by atoms with Crippen molar-refractivity contribution in [3.8, 4) is 11.5 Å². The smallest absolute Gasteiger partial charge is 0.343 e. The van der Waals surface area contributed by atoms with E-state index in [1.165, 1.54) is 25.5 Å². The Morgan fingerprint density at radius 3 is 2.39 bits per heavy atom. The number of hydrogen-bond donors (Lipinski definition) is 2. The van der Waals surface area contributed by atoms with Gasteiger partial charge in [0.25, 0.3) is 0 Å². The van der Waals surface area contributed by atoms with E-state index in [0.29, 0.717) is 11.1 Å². The summed E-state index contributed by atoms with van der Waals surface area (Å²) in [6.45, 7) is 0. The molecule has 2 N–H and O–H groups in total. The summed E-state index contributed by atoms with van der Waals surface area (Å²) in [5, 5.41) is 6.45. The van der Waals surface area contributed by atoms with Gasteiger partial charge in [0, 0.05) is 0 Å². The molecule has 0 unspecified atom stereocenters.